The Morgan fingerprint density at radius 3 is 2.50 bits per heavy atom. The van der Waals surface area contributed by atoms with Gasteiger partial charge in [-0.1, -0.05) is 6.07 Å². The van der Waals surface area contributed by atoms with E-state index in [1.165, 1.54) is 0 Å². The van der Waals surface area contributed by atoms with Gasteiger partial charge < -0.3 is 5.11 Å². The van der Waals surface area contributed by atoms with E-state index >= 15 is 0 Å². The van der Waals surface area contributed by atoms with Crippen molar-refractivity contribution in [3.8, 4) is 5.75 Å². The molecule has 0 aliphatic carbocycles. The van der Waals surface area contributed by atoms with Crippen molar-refractivity contribution in [1.29, 1.82) is 0 Å². The fraction of sp³-hybridized carbons (Fsp3) is 0.222. The number of aromatic hydroxyl groups is 1. The van der Waals surface area contributed by atoms with E-state index in [4.69, 9.17) is 0 Å². The first-order valence-corrected chi connectivity index (χ1v) is 5.67. The molecule has 1 rings (SSSR count). The van der Waals surface area contributed by atoms with Gasteiger partial charge in [0.2, 0.25) is 0 Å². The van der Waals surface area contributed by atoms with Crippen molar-refractivity contribution in [3.05, 3.63) is 23.8 Å². The zero-order valence-electron chi connectivity index (χ0n) is 7.20. The maximum absolute atomic E-state index is 11.5. The second-order valence-corrected chi connectivity index (χ2v) is 5.36. The predicted molar refractivity (Wildman–Crippen MR) is 52.3 cm³/mol. The summed E-state index contributed by atoms with van der Waals surface area (Å²) in [6.07, 6.45) is 1.56. The van der Waals surface area contributed by atoms with Gasteiger partial charge >= 0.3 is 0 Å². The standard InChI is InChI=1S/C9H12O2S/c1-7-8(10)5-4-6-9(7)12(2,3)11/h4-6,10H,2H2,1,3H3. The van der Waals surface area contributed by atoms with Crippen molar-refractivity contribution in [2.45, 2.75) is 11.8 Å². The van der Waals surface area contributed by atoms with Crippen LogP contribution in [-0.2, 0) is 9.52 Å². The number of benzene rings is 1. The highest BCUT2D eigenvalue weighted by Gasteiger charge is 2.07. The van der Waals surface area contributed by atoms with E-state index in [1.807, 2.05) is 0 Å². The van der Waals surface area contributed by atoms with Gasteiger partial charge in [0.25, 0.3) is 0 Å². The quantitative estimate of drug-likeness (QED) is 0.670. The maximum Gasteiger partial charge on any atom is 0.119 e. The third-order valence-electron chi connectivity index (χ3n) is 1.72. The molecule has 1 atom stereocenters. The Kier molecular flexibility index (Phi) is 2.15. The van der Waals surface area contributed by atoms with Crippen molar-refractivity contribution in [2.75, 3.05) is 6.26 Å². The summed E-state index contributed by atoms with van der Waals surface area (Å²) in [6.45, 7) is 1.74. The van der Waals surface area contributed by atoms with Gasteiger partial charge in [-0.15, -0.1) is 0 Å². The Morgan fingerprint density at radius 1 is 1.50 bits per heavy atom. The van der Waals surface area contributed by atoms with Crippen LogP contribution in [0.4, 0.5) is 0 Å². The van der Waals surface area contributed by atoms with Crippen LogP contribution in [0, 0.1) is 6.92 Å². The van der Waals surface area contributed by atoms with Crippen molar-refractivity contribution in [1.82, 2.24) is 0 Å². The molecule has 1 aromatic carbocycles. The van der Waals surface area contributed by atoms with Crippen molar-refractivity contribution < 1.29 is 9.32 Å². The molecule has 2 nitrogen and oxygen atoms in total. The molecule has 0 fully saturated rings. The molecule has 1 unspecified atom stereocenters. The molecule has 0 aliphatic heterocycles. The molecule has 66 valence electrons. The van der Waals surface area contributed by atoms with Crippen LogP contribution in [0.25, 0.3) is 0 Å². The Morgan fingerprint density at radius 2 is 2.08 bits per heavy atom. The van der Waals surface area contributed by atoms with Crippen LogP contribution in [0.3, 0.4) is 0 Å². The van der Waals surface area contributed by atoms with Crippen LogP contribution in [0.5, 0.6) is 5.75 Å². The minimum absolute atomic E-state index is 0.172. The first kappa shape index (κ1) is 9.13. The van der Waals surface area contributed by atoms with Crippen molar-refractivity contribution in [2.24, 2.45) is 0 Å². The van der Waals surface area contributed by atoms with Crippen LogP contribution in [-0.4, -0.2) is 21.4 Å². The largest absolute Gasteiger partial charge is 0.508 e. The van der Waals surface area contributed by atoms with Crippen molar-refractivity contribution in [3.63, 3.8) is 0 Å². The van der Waals surface area contributed by atoms with E-state index in [2.05, 4.69) is 5.87 Å². The number of hydrogen-bond donors (Lipinski definition) is 1. The summed E-state index contributed by atoms with van der Waals surface area (Å²) in [5, 5.41) is 9.31. The van der Waals surface area contributed by atoms with Crippen LogP contribution < -0.4 is 0 Å². The normalized spacial score (nSPS) is 15.5. The van der Waals surface area contributed by atoms with Crippen LogP contribution in [0.2, 0.25) is 0 Å². The summed E-state index contributed by atoms with van der Waals surface area (Å²) in [4.78, 5) is 0.627. The molecule has 1 N–H and O–H groups in total. The Bertz CT molecular complexity index is 391. The van der Waals surface area contributed by atoms with E-state index < -0.39 is 9.52 Å². The zero-order valence-corrected chi connectivity index (χ0v) is 8.02. The molecule has 0 aromatic heterocycles. The zero-order chi connectivity index (χ0) is 9.35. The molecule has 0 saturated heterocycles. The van der Waals surface area contributed by atoms with Crippen LogP contribution in [0.15, 0.2) is 23.1 Å². The van der Waals surface area contributed by atoms with E-state index in [0.717, 1.165) is 0 Å². The Balaban J connectivity index is 3.47. The lowest BCUT2D eigenvalue weighted by Crippen LogP contribution is -1.99. The third-order valence-corrected chi connectivity index (χ3v) is 3.09. The van der Waals surface area contributed by atoms with Gasteiger partial charge in [-0.2, -0.15) is 0 Å². The average Bonchev–Trinajstić information content (AvgIpc) is 1.92. The minimum atomic E-state index is -2.22. The number of phenolic OH excluding ortho intramolecular Hbond substituents is 1. The Hall–Kier alpha value is -0.960. The molecule has 0 spiro atoms. The smallest absolute Gasteiger partial charge is 0.119 e. The second kappa shape index (κ2) is 2.83. The monoisotopic (exact) mass is 184 g/mol. The lowest BCUT2D eigenvalue weighted by atomic mass is 10.2. The summed E-state index contributed by atoms with van der Waals surface area (Å²) >= 11 is 0. The highest BCUT2D eigenvalue weighted by atomic mass is 32.2. The summed E-state index contributed by atoms with van der Waals surface area (Å²) in [7, 11) is -2.22. The molecular weight excluding hydrogens is 172 g/mol. The minimum Gasteiger partial charge on any atom is -0.508 e. The summed E-state index contributed by atoms with van der Waals surface area (Å²) < 4.78 is 11.5. The number of hydrogen-bond acceptors (Lipinski definition) is 2. The summed E-state index contributed by atoms with van der Waals surface area (Å²) in [5.74, 6) is 3.73. The van der Waals surface area contributed by atoms with Crippen LogP contribution in [0.1, 0.15) is 5.56 Å². The van der Waals surface area contributed by atoms with Gasteiger partial charge in [0.15, 0.2) is 0 Å². The fourth-order valence-electron chi connectivity index (χ4n) is 1.07. The van der Waals surface area contributed by atoms with Gasteiger partial charge in [0.05, 0.1) is 0 Å². The van der Waals surface area contributed by atoms with E-state index in [-0.39, 0.29) is 5.75 Å². The number of phenols is 1. The van der Waals surface area contributed by atoms with Crippen LogP contribution >= 0.6 is 0 Å². The summed E-state index contributed by atoms with van der Waals surface area (Å²) in [6, 6.07) is 4.97. The SMILES string of the molecule is C=S(C)(=O)c1cccc(O)c1C. The average molecular weight is 184 g/mol. The highest BCUT2D eigenvalue weighted by Crippen LogP contribution is 2.22. The summed E-state index contributed by atoms with van der Waals surface area (Å²) in [5.41, 5.74) is 0.653. The van der Waals surface area contributed by atoms with Gasteiger partial charge in [0, 0.05) is 16.7 Å². The second-order valence-electron chi connectivity index (χ2n) is 2.91. The van der Waals surface area contributed by atoms with E-state index in [0.29, 0.717) is 10.5 Å². The third kappa shape index (κ3) is 1.61. The molecule has 0 aliphatic rings. The predicted octanol–water partition coefficient (Wildman–Crippen LogP) is 1.41. The number of rotatable bonds is 1. The molecule has 3 heteroatoms. The van der Waals surface area contributed by atoms with E-state index in [9.17, 15) is 9.32 Å². The molecule has 1 aromatic rings. The topological polar surface area (TPSA) is 37.3 Å². The molecule has 12 heavy (non-hydrogen) atoms. The molecular formula is C9H12O2S. The molecule has 0 amide bonds. The van der Waals surface area contributed by atoms with Gasteiger partial charge in [-0.25, -0.2) is 0 Å². The van der Waals surface area contributed by atoms with E-state index in [1.54, 1.807) is 31.4 Å². The molecule has 0 heterocycles. The molecule has 0 saturated carbocycles. The lowest BCUT2D eigenvalue weighted by Gasteiger charge is -2.07. The molecule has 0 bridgehead atoms. The highest BCUT2D eigenvalue weighted by molar-refractivity contribution is 7.99. The first-order valence-electron chi connectivity index (χ1n) is 3.54. The van der Waals surface area contributed by atoms with Gasteiger partial charge in [-0.05, 0) is 34.4 Å². The van der Waals surface area contributed by atoms with Gasteiger partial charge in [0.1, 0.15) is 5.75 Å². The Labute approximate surface area is 72.9 Å². The first-order chi connectivity index (χ1) is 5.43. The fourth-order valence-corrected chi connectivity index (χ4v) is 2.19. The maximum atomic E-state index is 11.5. The molecule has 0 radical (unpaired) electrons. The lowest BCUT2D eigenvalue weighted by molar-refractivity contribution is 0.469. The van der Waals surface area contributed by atoms with Crippen molar-refractivity contribution >= 4 is 15.4 Å². The van der Waals surface area contributed by atoms with Gasteiger partial charge in [-0.3, -0.25) is 4.21 Å².